The monoisotopic (exact) mass is 414 g/mol. The molecule has 2 aliphatic heterocycles. The predicted octanol–water partition coefficient (Wildman–Crippen LogP) is 2.55. The van der Waals surface area contributed by atoms with Crippen LogP contribution in [0.25, 0.3) is 0 Å². The van der Waals surface area contributed by atoms with E-state index in [-0.39, 0.29) is 17.7 Å². The Morgan fingerprint density at radius 1 is 1.30 bits per heavy atom. The highest BCUT2D eigenvalue weighted by molar-refractivity contribution is 6.03. The van der Waals surface area contributed by atoms with Crippen LogP contribution in [-0.4, -0.2) is 48.3 Å². The number of amides is 1. The molecule has 7 heteroatoms. The molecule has 2 unspecified atom stereocenters. The molecule has 0 radical (unpaired) electrons. The Morgan fingerprint density at radius 2 is 1.93 bits per heavy atom. The molecule has 1 aliphatic carbocycles. The number of likely N-dealkylation sites (N-methyl/N-ethyl adjacent to an activating group) is 1. The highest BCUT2D eigenvalue weighted by Crippen LogP contribution is 2.41. The zero-order chi connectivity index (χ0) is 22.1. The SMILES string of the molecule is CC1=CNN(C)C1=C(N)C=CC(=N)NC(=O)C1CC2CN(CCC(C)(C)C)CC2C1. The molecule has 166 valence electrons. The van der Waals surface area contributed by atoms with Crippen molar-refractivity contribution in [2.75, 3.05) is 26.7 Å². The normalized spacial score (nSPS) is 28.5. The summed E-state index contributed by atoms with van der Waals surface area (Å²) in [5.74, 6) is 1.31. The van der Waals surface area contributed by atoms with Crippen molar-refractivity contribution in [2.45, 2.75) is 47.0 Å². The van der Waals surface area contributed by atoms with Gasteiger partial charge < -0.3 is 21.4 Å². The number of amidine groups is 1. The van der Waals surface area contributed by atoms with Gasteiger partial charge in [-0.15, -0.1) is 0 Å². The molecule has 7 nitrogen and oxygen atoms in total. The van der Waals surface area contributed by atoms with Gasteiger partial charge in [-0.05, 0) is 67.7 Å². The van der Waals surface area contributed by atoms with Crippen molar-refractivity contribution < 1.29 is 4.79 Å². The third-order valence-electron chi connectivity index (χ3n) is 6.52. The van der Waals surface area contributed by atoms with Crippen molar-refractivity contribution in [3.05, 3.63) is 35.3 Å². The Hall–Kier alpha value is -2.28. The number of likely N-dealkylation sites (tertiary alicyclic amines) is 1. The molecule has 2 heterocycles. The van der Waals surface area contributed by atoms with Gasteiger partial charge in [-0.25, -0.2) is 0 Å². The Morgan fingerprint density at radius 3 is 2.47 bits per heavy atom. The molecule has 3 aliphatic rings. The molecule has 0 aromatic heterocycles. The van der Waals surface area contributed by atoms with Crippen LogP contribution in [0.1, 0.15) is 47.0 Å². The van der Waals surface area contributed by atoms with Crippen molar-refractivity contribution in [1.29, 1.82) is 5.41 Å². The first-order valence-corrected chi connectivity index (χ1v) is 11.0. The molecule has 2 fully saturated rings. The van der Waals surface area contributed by atoms with Crippen LogP contribution in [0.4, 0.5) is 0 Å². The third-order valence-corrected chi connectivity index (χ3v) is 6.52. The average Bonchev–Trinajstić information content (AvgIpc) is 3.30. The molecule has 3 rings (SSSR count). The van der Waals surface area contributed by atoms with Gasteiger partial charge in [0.2, 0.25) is 5.91 Å². The maximum Gasteiger partial charge on any atom is 0.228 e. The summed E-state index contributed by atoms with van der Waals surface area (Å²) in [6.07, 6.45) is 8.20. The molecule has 1 saturated carbocycles. The third kappa shape index (κ3) is 5.45. The molecule has 1 saturated heterocycles. The Labute approximate surface area is 180 Å². The highest BCUT2D eigenvalue weighted by atomic mass is 16.1. The number of hydrogen-bond donors (Lipinski definition) is 4. The summed E-state index contributed by atoms with van der Waals surface area (Å²) in [6.45, 7) is 12.2. The number of hydrazine groups is 1. The standard InChI is InChI=1S/C23H38N6O/c1-15-12-26-28(5)21(15)19(24)6-7-20(25)27-22(30)16-10-17-13-29(14-18(17)11-16)9-8-23(2,3)4/h6-7,12,16-18,26H,8-11,13-14,24H2,1-5H3,(H2,25,27,30). The van der Waals surface area contributed by atoms with Gasteiger partial charge in [-0.2, -0.15) is 0 Å². The van der Waals surface area contributed by atoms with Gasteiger partial charge in [0.1, 0.15) is 5.84 Å². The number of nitrogens with one attached hydrogen (secondary N) is 3. The largest absolute Gasteiger partial charge is 0.397 e. The van der Waals surface area contributed by atoms with E-state index in [0.29, 0.717) is 22.9 Å². The minimum absolute atomic E-state index is 0.0181. The summed E-state index contributed by atoms with van der Waals surface area (Å²) < 4.78 is 0. The molecule has 0 spiro atoms. The summed E-state index contributed by atoms with van der Waals surface area (Å²) >= 11 is 0. The van der Waals surface area contributed by atoms with E-state index in [0.717, 1.165) is 43.7 Å². The molecule has 2 atom stereocenters. The first-order valence-electron chi connectivity index (χ1n) is 11.0. The van der Waals surface area contributed by atoms with Crippen molar-refractivity contribution in [3.63, 3.8) is 0 Å². The number of carbonyl (C=O) groups excluding carboxylic acids is 1. The van der Waals surface area contributed by atoms with E-state index in [2.05, 4.69) is 36.4 Å². The van der Waals surface area contributed by atoms with Gasteiger partial charge in [0.25, 0.3) is 0 Å². The van der Waals surface area contributed by atoms with Crippen molar-refractivity contribution in [3.8, 4) is 0 Å². The maximum absolute atomic E-state index is 12.7. The smallest absolute Gasteiger partial charge is 0.228 e. The molecule has 0 aromatic carbocycles. The molecule has 1 amide bonds. The van der Waals surface area contributed by atoms with Gasteiger partial charge in [0.05, 0.1) is 11.4 Å². The number of nitrogens with zero attached hydrogens (tertiary/aromatic N) is 2. The van der Waals surface area contributed by atoms with Crippen LogP contribution in [0.3, 0.4) is 0 Å². The molecular weight excluding hydrogens is 376 g/mol. The van der Waals surface area contributed by atoms with E-state index >= 15 is 0 Å². The van der Waals surface area contributed by atoms with Crippen molar-refractivity contribution in [1.82, 2.24) is 20.7 Å². The fourth-order valence-electron chi connectivity index (χ4n) is 4.83. The van der Waals surface area contributed by atoms with E-state index in [9.17, 15) is 4.79 Å². The summed E-state index contributed by atoms with van der Waals surface area (Å²) in [6, 6.07) is 0. The second-order valence-electron chi connectivity index (χ2n) is 10.3. The van der Waals surface area contributed by atoms with Crippen LogP contribution in [0, 0.1) is 28.6 Å². The quantitative estimate of drug-likeness (QED) is 0.409. The van der Waals surface area contributed by atoms with Crippen LogP contribution in [0.5, 0.6) is 0 Å². The zero-order valence-electron chi connectivity index (χ0n) is 19.1. The van der Waals surface area contributed by atoms with Gasteiger partial charge in [-0.3, -0.25) is 15.2 Å². The lowest BCUT2D eigenvalue weighted by Gasteiger charge is -2.24. The van der Waals surface area contributed by atoms with E-state index in [4.69, 9.17) is 11.1 Å². The van der Waals surface area contributed by atoms with E-state index in [1.807, 2.05) is 25.2 Å². The van der Waals surface area contributed by atoms with Crippen LogP contribution < -0.4 is 16.5 Å². The minimum Gasteiger partial charge on any atom is -0.397 e. The summed E-state index contributed by atoms with van der Waals surface area (Å²) in [5.41, 5.74) is 12.0. The van der Waals surface area contributed by atoms with Crippen LogP contribution in [-0.2, 0) is 4.79 Å². The average molecular weight is 415 g/mol. The van der Waals surface area contributed by atoms with E-state index in [1.54, 1.807) is 12.2 Å². The maximum atomic E-state index is 12.7. The second kappa shape index (κ2) is 8.84. The molecule has 0 bridgehead atoms. The van der Waals surface area contributed by atoms with Crippen LogP contribution in [0.2, 0.25) is 0 Å². The van der Waals surface area contributed by atoms with Crippen molar-refractivity contribution in [2.24, 2.45) is 28.9 Å². The molecule has 5 N–H and O–H groups in total. The second-order valence-corrected chi connectivity index (χ2v) is 10.3. The van der Waals surface area contributed by atoms with Gasteiger partial charge in [0, 0.05) is 32.3 Å². The lowest BCUT2D eigenvalue weighted by Crippen LogP contribution is -2.34. The summed E-state index contributed by atoms with van der Waals surface area (Å²) in [7, 11) is 1.89. The summed E-state index contributed by atoms with van der Waals surface area (Å²) in [4.78, 5) is 15.2. The predicted molar refractivity (Wildman–Crippen MR) is 121 cm³/mol. The first-order chi connectivity index (χ1) is 14.0. The van der Waals surface area contributed by atoms with Gasteiger partial charge in [0.15, 0.2) is 0 Å². The first kappa shape index (κ1) is 22.4. The van der Waals surface area contributed by atoms with Gasteiger partial charge >= 0.3 is 0 Å². The minimum atomic E-state index is -0.0257. The highest BCUT2D eigenvalue weighted by Gasteiger charge is 2.43. The number of rotatable bonds is 5. The Kier molecular flexibility index (Phi) is 6.60. The zero-order valence-corrected chi connectivity index (χ0v) is 19.1. The molecule has 0 aromatic rings. The number of nitrogens with two attached hydrogens (primary N) is 1. The number of hydrogen-bond acceptors (Lipinski definition) is 6. The Balaban J connectivity index is 1.46. The lowest BCUT2D eigenvalue weighted by atomic mass is 9.92. The lowest BCUT2D eigenvalue weighted by molar-refractivity contribution is -0.123. The number of carbonyl (C=O) groups is 1. The van der Waals surface area contributed by atoms with E-state index in [1.165, 1.54) is 6.42 Å². The fraction of sp³-hybridized carbons (Fsp3) is 0.652. The molecule has 30 heavy (non-hydrogen) atoms. The summed E-state index contributed by atoms with van der Waals surface area (Å²) in [5, 5.41) is 12.7. The Bertz CT molecular complexity index is 761. The van der Waals surface area contributed by atoms with E-state index < -0.39 is 0 Å². The van der Waals surface area contributed by atoms with Crippen LogP contribution in [0.15, 0.2) is 35.3 Å². The van der Waals surface area contributed by atoms with Crippen molar-refractivity contribution >= 4 is 11.7 Å². The fourth-order valence-corrected chi connectivity index (χ4v) is 4.83. The van der Waals surface area contributed by atoms with Crippen LogP contribution >= 0.6 is 0 Å². The topological polar surface area (TPSA) is 97.5 Å². The molecular formula is C23H38N6O. The van der Waals surface area contributed by atoms with Gasteiger partial charge in [-0.1, -0.05) is 20.8 Å². The number of fused-ring (bicyclic) bond motifs is 1. The number of allylic oxidation sites excluding steroid dienone is 2.